The van der Waals surface area contributed by atoms with Crippen LogP contribution in [0, 0.1) is 0 Å². The second-order valence-electron chi connectivity index (χ2n) is 5.22. The molecule has 3 N–H and O–H groups in total. The minimum Gasteiger partial charge on any atom is -0.378 e. The van der Waals surface area contributed by atoms with E-state index in [4.69, 9.17) is 10.5 Å². The van der Waals surface area contributed by atoms with E-state index in [0.29, 0.717) is 54.5 Å². The van der Waals surface area contributed by atoms with Crippen LogP contribution in [0.15, 0.2) is 24.5 Å². The highest BCUT2D eigenvalue weighted by atomic mass is 16.5. The number of nitrogens with two attached hydrogens (primary N) is 1. The standard InChI is InChI=1S/C14H15N7O2/c15-13(22)9-7-12(20-3-5-23-6-4-20)18-14-10(9)8-17-21(14)11-1-2-16-19-11/h1-2,7-8H,3-6H2,(H2,15,22)(H,16,19). The summed E-state index contributed by atoms with van der Waals surface area (Å²) in [5, 5.41) is 11.7. The van der Waals surface area contributed by atoms with Gasteiger partial charge in [-0.05, 0) is 6.07 Å². The molecule has 0 saturated carbocycles. The summed E-state index contributed by atoms with van der Waals surface area (Å²) >= 11 is 0. The lowest BCUT2D eigenvalue weighted by Gasteiger charge is -2.28. The number of morpholine rings is 1. The molecule has 0 spiro atoms. The van der Waals surface area contributed by atoms with Crippen LogP contribution in [0.1, 0.15) is 10.4 Å². The van der Waals surface area contributed by atoms with Crippen molar-refractivity contribution in [1.82, 2.24) is 25.0 Å². The van der Waals surface area contributed by atoms with Crippen molar-refractivity contribution >= 4 is 22.8 Å². The van der Waals surface area contributed by atoms with Gasteiger partial charge in [-0.25, -0.2) is 4.98 Å². The van der Waals surface area contributed by atoms with Gasteiger partial charge in [-0.2, -0.15) is 14.9 Å². The number of nitrogens with one attached hydrogen (secondary N) is 1. The third-order valence-corrected chi connectivity index (χ3v) is 3.83. The number of pyridine rings is 1. The Hall–Kier alpha value is -2.94. The molecular formula is C14H15N7O2. The molecule has 1 aliphatic rings. The third kappa shape index (κ3) is 2.30. The van der Waals surface area contributed by atoms with Crippen LogP contribution in [0.2, 0.25) is 0 Å². The summed E-state index contributed by atoms with van der Waals surface area (Å²) in [5.74, 6) is 0.780. The maximum atomic E-state index is 11.8. The van der Waals surface area contributed by atoms with Crippen molar-refractivity contribution in [3.8, 4) is 5.82 Å². The third-order valence-electron chi connectivity index (χ3n) is 3.83. The highest BCUT2D eigenvalue weighted by Gasteiger charge is 2.20. The molecule has 0 aliphatic carbocycles. The molecule has 0 atom stereocenters. The van der Waals surface area contributed by atoms with Crippen LogP contribution in [-0.2, 0) is 4.74 Å². The number of primary amides is 1. The van der Waals surface area contributed by atoms with E-state index < -0.39 is 5.91 Å². The number of rotatable bonds is 3. The zero-order valence-electron chi connectivity index (χ0n) is 12.3. The largest absolute Gasteiger partial charge is 0.378 e. The summed E-state index contributed by atoms with van der Waals surface area (Å²) in [5.41, 5.74) is 6.49. The molecule has 23 heavy (non-hydrogen) atoms. The minimum absolute atomic E-state index is 0.401. The number of ether oxygens (including phenoxy) is 1. The van der Waals surface area contributed by atoms with Gasteiger partial charge in [-0.3, -0.25) is 9.89 Å². The topological polar surface area (TPSA) is 115 Å². The molecule has 9 heteroatoms. The summed E-state index contributed by atoms with van der Waals surface area (Å²) in [6.45, 7) is 2.69. The molecule has 0 bridgehead atoms. The van der Waals surface area contributed by atoms with Crippen molar-refractivity contribution in [2.75, 3.05) is 31.2 Å². The minimum atomic E-state index is -0.506. The number of fused-ring (bicyclic) bond motifs is 1. The fraction of sp³-hybridized carbons (Fsp3) is 0.286. The van der Waals surface area contributed by atoms with E-state index in [1.54, 1.807) is 29.2 Å². The van der Waals surface area contributed by atoms with Crippen molar-refractivity contribution in [3.05, 3.63) is 30.1 Å². The van der Waals surface area contributed by atoms with Crippen molar-refractivity contribution < 1.29 is 9.53 Å². The van der Waals surface area contributed by atoms with Gasteiger partial charge in [0.25, 0.3) is 0 Å². The molecule has 1 fully saturated rings. The van der Waals surface area contributed by atoms with Crippen molar-refractivity contribution in [1.29, 1.82) is 0 Å². The van der Waals surface area contributed by atoms with Crippen LogP contribution in [0.25, 0.3) is 16.9 Å². The first-order chi connectivity index (χ1) is 11.2. The quantitative estimate of drug-likeness (QED) is 0.707. The molecule has 1 saturated heterocycles. The van der Waals surface area contributed by atoms with Crippen LogP contribution in [-0.4, -0.2) is 57.2 Å². The normalized spacial score (nSPS) is 15.2. The average Bonchev–Trinajstić information content (AvgIpc) is 3.23. The number of H-pyrrole nitrogens is 1. The van der Waals surface area contributed by atoms with E-state index in [-0.39, 0.29) is 0 Å². The van der Waals surface area contributed by atoms with Gasteiger partial charge in [0.2, 0.25) is 5.91 Å². The lowest BCUT2D eigenvalue weighted by Crippen LogP contribution is -2.37. The Kier molecular flexibility index (Phi) is 3.19. The van der Waals surface area contributed by atoms with Gasteiger partial charge in [-0.15, -0.1) is 0 Å². The second-order valence-corrected chi connectivity index (χ2v) is 5.22. The predicted molar refractivity (Wildman–Crippen MR) is 82.6 cm³/mol. The number of amides is 1. The molecule has 118 valence electrons. The van der Waals surface area contributed by atoms with Gasteiger partial charge >= 0.3 is 0 Å². The van der Waals surface area contributed by atoms with Gasteiger partial charge in [0, 0.05) is 25.4 Å². The maximum Gasteiger partial charge on any atom is 0.249 e. The van der Waals surface area contributed by atoms with Crippen LogP contribution in [0.4, 0.5) is 5.82 Å². The molecule has 3 aromatic heterocycles. The second kappa shape index (κ2) is 5.36. The van der Waals surface area contributed by atoms with E-state index in [0.717, 1.165) is 0 Å². The molecule has 0 unspecified atom stereocenters. The number of carbonyl (C=O) groups excluding carboxylic acids is 1. The Morgan fingerprint density at radius 2 is 2.13 bits per heavy atom. The molecule has 4 heterocycles. The monoisotopic (exact) mass is 313 g/mol. The number of anilines is 1. The molecular weight excluding hydrogens is 298 g/mol. The van der Waals surface area contributed by atoms with Crippen molar-refractivity contribution in [2.24, 2.45) is 5.73 Å². The van der Waals surface area contributed by atoms with Crippen molar-refractivity contribution in [3.63, 3.8) is 0 Å². The smallest absolute Gasteiger partial charge is 0.249 e. The summed E-state index contributed by atoms with van der Waals surface area (Å²) in [6, 6.07) is 3.49. The molecule has 1 aliphatic heterocycles. The molecule has 3 aromatic rings. The fourth-order valence-corrected chi connectivity index (χ4v) is 2.68. The number of aromatic amines is 1. The molecule has 0 aromatic carbocycles. The SMILES string of the molecule is NC(=O)c1cc(N2CCOCC2)nc2c1cnn2-c1cc[nH]n1. The van der Waals surface area contributed by atoms with E-state index >= 15 is 0 Å². The zero-order valence-corrected chi connectivity index (χ0v) is 12.3. The number of hydrogen-bond acceptors (Lipinski definition) is 6. The van der Waals surface area contributed by atoms with Gasteiger partial charge in [-0.1, -0.05) is 0 Å². The lowest BCUT2D eigenvalue weighted by atomic mass is 10.1. The summed E-state index contributed by atoms with van der Waals surface area (Å²) in [7, 11) is 0. The van der Waals surface area contributed by atoms with E-state index in [9.17, 15) is 4.79 Å². The summed E-state index contributed by atoms with van der Waals surface area (Å²) < 4.78 is 6.95. The van der Waals surface area contributed by atoms with Crippen molar-refractivity contribution in [2.45, 2.75) is 0 Å². The summed E-state index contributed by atoms with van der Waals surface area (Å²) in [4.78, 5) is 18.6. The molecule has 4 rings (SSSR count). The fourth-order valence-electron chi connectivity index (χ4n) is 2.68. The Balaban J connectivity index is 1.91. The Bertz CT molecular complexity index is 850. The highest BCUT2D eigenvalue weighted by Crippen LogP contribution is 2.24. The highest BCUT2D eigenvalue weighted by molar-refractivity contribution is 6.05. The van der Waals surface area contributed by atoms with E-state index in [1.807, 2.05) is 0 Å². The number of aromatic nitrogens is 5. The van der Waals surface area contributed by atoms with Crippen LogP contribution in [0.5, 0.6) is 0 Å². The Morgan fingerprint density at radius 1 is 1.30 bits per heavy atom. The van der Waals surface area contributed by atoms with E-state index in [2.05, 4.69) is 25.2 Å². The van der Waals surface area contributed by atoms with Gasteiger partial charge in [0.1, 0.15) is 5.82 Å². The van der Waals surface area contributed by atoms with Gasteiger partial charge < -0.3 is 15.4 Å². The lowest BCUT2D eigenvalue weighted by molar-refractivity contribution is 0.100. The number of carbonyl (C=O) groups is 1. The maximum absolute atomic E-state index is 11.8. The zero-order chi connectivity index (χ0) is 15.8. The number of nitrogens with zero attached hydrogens (tertiary/aromatic N) is 5. The predicted octanol–water partition coefficient (Wildman–Crippen LogP) is 0.0791. The molecule has 0 radical (unpaired) electrons. The van der Waals surface area contributed by atoms with Gasteiger partial charge in [0.05, 0.1) is 30.4 Å². The Morgan fingerprint density at radius 3 is 2.83 bits per heavy atom. The molecule has 9 nitrogen and oxygen atoms in total. The molecule has 1 amide bonds. The first-order valence-corrected chi connectivity index (χ1v) is 7.25. The first kappa shape index (κ1) is 13.7. The van der Waals surface area contributed by atoms with E-state index in [1.165, 1.54) is 0 Å². The van der Waals surface area contributed by atoms with Crippen LogP contribution >= 0.6 is 0 Å². The van der Waals surface area contributed by atoms with Crippen LogP contribution < -0.4 is 10.6 Å². The summed E-state index contributed by atoms with van der Waals surface area (Å²) in [6.07, 6.45) is 3.28. The number of hydrogen-bond donors (Lipinski definition) is 2. The average molecular weight is 313 g/mol. The van der Waals surface area contributed by atoms with Gasteiger partial charge in [0.15, 0.2) is 11.5 Å². The first-order valence-electron chi connectivity index (χ1n) is 7.25. The Labute approximate surface area is 131 Å². The van der Waals surface area contributed by atoms with Crippen LogP contribution in [0.3, 0.4) is 0 Å².